The van der Waals surface area contributed by atoms with Gasteiger partial charge < -0.3 is 9.42 Å². The normalized spacial score (nSPS) is 17.0. The molecule has 1 aliphatic heterocycles. The maximum atomic E-state index is 9.01. The number of nitriles is 1. The van der Waals surface area contributed by atoms with Crippen molar-refractivity contribution in [2.24, 2.45) is 0 Å². The monoisotopic (exact) mass is 326 g/mol. The Hall–Kier alpha value is -2.46. The predicted molar refractivity (Wildman–Crippen MR) is 89.5 cm³/mol. The highest BCUT2D eigenvalue weighted by Crippen LogP contribution is 2.23. The number of anilines is 1. The fourth-order valence-electron chi connectivity index (χ4n) is 2.81. The molecule has 0 spiro atoms. The third kappa shape index (κ3) is 3.39. The van der Waals surface area contributed by atoms with Crippen molar-refractivity contribution in [3.05, 3.63) is 35.6 Å². The van der Waals surface area contributed by atoms with Gasteiger partial charge in [-0.2, -0.15) is 10.2 Å². The van der Waals surface area contributed by atoms with Crippen molar-refractivity contribution in [3.63, 3.8) is 0 Å². The van der Waals surface area contributed by atoms with Gasteiger partial charge in [-0.1, -0.05) is 19.0 Å². The first kappa shape index (κ1) is 16.4. The summed E-state index contributed by atoms with van der Waals surface area (Å²) in [7, 11) is 0. The van der Waals surface area contributed by atoms with Crippen LogP contribution in [-0.4, -0.2) is 46.2 Å². The maximum absolute atomic E-state index is 9.01. The smallest absolute Gasteiger partial charge is 0.243 e. The maximum Gasteiger partial charge on any atom is 0.243 e. The fraction of sp³-hybridized carbons (Fsp3) is 0.529. The SMILES string of the molecule is CC(C)c1noc([C@H](C)N2CCN(c3cc(C#N)ccn3)CC2)n1. The number of aromatic nitrogens is 3. The Balaban J connectivity index is 1.62. The zero-order valence-electron chi connectivity index (χ0n) is 14.3. The summed E-state index contributed by atoms with van der Waals surface area (Å²) in [5.41, 5.74) is 0.642. The van der Waals surface area contributed by atoms with Crippen molar-refractivity contribution in [2.75, 3.05) is 31.1 Å². The van der Waals surface area contributed by atoms with Crippen LogP contribution in [0.25, 0.3) is 0 Å². The minimum Gasteiger partial charge on any atom is -0.354 e. The average molecular weight is 326 g/mol. The van der Waals surface area contributed by atoms with Crippen molar-refractivity contribution in [3.8, 4) is 6.07 Å². The van der Waals surface area contributed by atoms with Gasteiger partial charge >= 0.3 is 0 Å². The summed E-state index contributed by atoms with van der Waals surface area (Å²) in [6.45, 7) is 9.70. The molecule has 3 heterocycles. The lowest BCUT2D eigenvalue weighted by molar-refractivity contribution is 0.164. The van der Waals surface area contributed by atoms with Crippen LogP contribution in [-0.2, 0) is 0 Å². The summed E-state index contributed by atoms with van der Waals surface area (Å²) >= 11 is 0. The molecule has 1 atom stereocenters. The molecule has 7 heteroatoms. The number of pyridine rings is 1. The van der Waals surface area contributed by atoms with Crippen LogP contribution in [0.4, 0.5) is 5.82 Å². The summed E-state index contributed by atoms with van der Waals surface area (Å²) < 4.78 is 5.42. The van der Waals surface area contributed by atoms with Crippen LogP contribution in [0.3, 0.4) is 0 Å². The standard InChI is InChI=1S/C17H22N6O/c1-12(2)16-20-17(24-21-16)13(3)22-6-8-23(9-7-22)15-10-14(11-18)4-5-19-15/h4-5,10,12-13H,6-9H2,1-3H3/t13-/m0/s1. The number of rotatable bonds is 4. The fourth-order valence-corrected chi connectivity index (χ4v) is 2.81. The third-order valence-electron chi connectivity index (χ3n) is 4.39. The lowest BCUT2D eigenvalue weighted by atomic mass is 10.2. The topological polar surface area (TPSA) is 82.1 Å². The first-order chi connectivity index (χ1) is 11.6. The molecule has 126 valence electrons. The quantitative estimate of drug-likeness (QED) is 0.853. The van der Waals surface area contributed by atoms with Crippen molar-refractivity contribution in [1.82, 2.24) is 20.0 Å². The van der Waals surface area contributed by atoms with E-state index < -0.39 is 0 Å². The molecule has 0 amide bonds. The van der Waals surface area contributed by atoms with Crippen LogP contribution in [0.15, 0.2) is 22.9 Å². The molecule has 1 aliphatic rings. The molecular weight excluding hydrogens is 304 g/mol. The summed E-state index contributed by atoms with van der Waals surface area (Å²) in [5.74, 6) is 2.57. The zero-order valence-corrected chi connectivity index (χ0v) is 14.3. The molecule has 0 unspecified atom stereocenters. The van der Waals surface area contributed by atoms with Crippen molar-refractivity contribution >= 4 is 5.82 Å². The number of hydrogen-bond acceptors (Lipinski definition) is 7. The number of piperazine rings is 1. The third-order valence-corrected chi connectivity index (χ3v) is 4.39. The molecule has 0 bridgehead atoms. The largest absolute Gasteiger partial charge is 0.354 e. The Morgan fingerprint density at radius 1 is 1.21 bits per heavy atom. The van der Waals surface area contributed by atoms with Crippen LogP contribution in [0.5, 0.6) is 0 Å². The van der Waals surface area contributed by atoms with E-state index in [4.69, 9.17) is 9.78 Å². The van der Waals surface area contributed by atoms with E-state index in [1.807, 2.05) is 6.07 Å². The van der Waals surface area contributed by atoms with Crippen molar-refractivity contribution in [1.29, 1.82) is 5.26 Å². The first-order valence-electron chi connectivity index (χ1n) is 8.27. The lowest BCUT2D eigenvalue weighted by Gasteiger charge is -2.37. The molecule has 0 radical (unpaired) electrons. The zero-order chi connectivity index (χ0) is 17.1. The second-order valence-electron chi connectivity index (χ2n) is 6.36. The van der Waals surface area contributed by atoms with Gasteiger partial charge in [-0.3, -0.25) is 4.90 Å². The Labute approximate surface area is 141 Å². The van der Waals surface area contributed by atoms with E-state index in [0.29, 0.717) is 11.5 Å². The molecular formula is C17H22N6O. The van der Waals surface area contributed by atoms with Gasteiger partial charge in [0.1, 0.15) is 5.82 Å². The van der Waals surface area contributed by atoms with Gasteiger partial charge in [-0.15, -0.1) is 0 Å². The average Bonchev–Trinajstić information content (AvgIpc) is 3.12. The molecule has 0 aromatic carbocycles. The summed E-state index contributed by atoms with van der Waals surface area (Å²) in [6.07, 6.45) is 1.69. The lowest BCUT2D eigenvalue weighted by Crippen LogP contribution is -2.47. The van der Waals surface area contributed by atoms with E-state index in [9.17, 15) is 0 Å². The second-order valence-corrected chi connectivity index (χ2v) is 6.36. The highest BCUT2D eigenvalue weighted by atomic mass is 16.5. The van der Waals surface area contributed by atoms with Crippen molar-refractivity contribution < 1.29 is 4.52 Å². The van der Waals surface area contributed by atoms with E-state index in [1.165, 1.54) is 0 Å². The minimum atomic E-state index is 0.102. The van der Waals surface area contributed by atoms with Gasteiger partial charge in [0.2, 0.25) is 5.89 Å². The van der Waals surface area contributed by atoms with Crippen LogP contribution >= 0.6 is 0 Å². The highest BCUT2D eigenvalue weighted by molar-refractivity contribution is 5.45. The van der Waals surface area contributed by atoms with E-state index in [-0.39, 0.29) is 12.0 Å². The molecule has 0 N–H and O–H groups in total. The predicted octanol–water partition coefficient (Wildman–Crippen LogP) is 2.34. The molecule has 3 rings (SSSR count). The molecule has 7 nitrogen and oxygen atoms in total. The number of nitrogens with zero attached hydrogens (tertiary/aromatic N) is 6. The number of hydrogen-bond donors (Lipinski definition) is 0. The minimum absolute atomic E-state index is 0.102. The summed E-state index contributed by atoms with van der Waals surface area (Å²) in [6, 6.07) is 5.83. The van der Waals surface area contributed by atoms with Gasteiger partial charge in [0, 0.05) is 38.3 Å². The molecule has 0 saturated carbocycles. The van der Waals surface area contributed by atoms with Crippen LogP contribution in [0.1, 0.15) is 50.0 Å². The Bertz CT molecular complexity index is 727. The van der Waals surface area contributed by atoms with Gasteiger partial charge in [0.05, 0.1) is 17.7 Å². The van der Waals surface area contributed by atoms with Crippen LogP contribution in [0, 0.1) is 11.3 Å². The van der Waals surface area contributed by atoms with Gasteiger partial charge in [0.15, 0.2) is 5.82 Å². The summed E-state index contributed by atoms with van der Waals surface area (Å²) in [4.78, 5) is 13.4. The van der Waals surface area contributed by atoms with E-state index in [1.54, 1.807) is 12.3 Å². The first-order valence-corrected chi connectivity index (χ1v) is 8.27. The van der Waals surface area contributed by atoms with Crippen molar-refractivity contribution in [2.45, 2.75) is 32.7 Å². The van der Waals surface area contributed by atoms with Crippen LogP contribution in [0.2, 0.25) is 0 Å². The summed E-state index contributed by atoms with van der Waals surface area (Å²) in [5, 5.41) is 13.1. The van der Waals surface area contributed by atoms with E-state index in [0.717, 1.165) is 37.8 Å². The Kier molecular flexibility index (Phi) is 4.76. The molecule has 2 aromatic heterocycles. The molecule has 24 heavy (non-hydrogen) atoms. The van der Waals surface area contributed by atoms with Gasteiger partial charge in [0.25, 0.3) is 0 Å². The molecule has 0 aliphatic carbocycles. The van der Waals surface area contributed by atoms with Gasteiger partial charge in [-0.25, -0.2) is 4.98 Å². The van der Waals surface area contributed by atoms with Gasteiger partial charge in [-0.05, 0) is 19.1 Å². The highest BCUT2D eigenvalue weighted by Gasteiger charge is 2.26. The Morgan fingerprint density at radius 2 is 1.96 bits per heavy atom. The molecule has 1 saturated heterocycles. The molecule has 2 aromatic rings. The van der Waals surface area contributed by atoms with Crippen LogP contribution < -0.4 is 4.90 Å². The second kappa shape index (κ2) is 6.97. The van der Waals surface area contributed by atoms with E-state index in [2.05, 4.69) is 51.8 Å². The van der Waals surface area contributed by atoms with E-state index >= 15 is 0 Å². The Morgan fingerprint density at radius 3 is 2.58 bits per heavy atom. The molecule has 1 fully saturated rings.